The Morgan fingerprint density at radius 1 is 0.425 bits per heavy atom. The van der Waals surface area contributed by atoms with E-state index in [1.165, 1.54) is 105 Å². The van der Waals surface area contributed by atoms with Crippen LogP contribution in [0.2, 0.25) is 0 Å². The number of Topliss-reactive ketones (excluding diaryl/α,β-unsaturated/α-hetero) is 1. The van der Waals surface area contributed by atoms with E-state index < -0.39 is 0 Å². The molecule has 0 spiro atoms. The summed E-state index contributed by atoms with van der Waals surface area (Å²) in [5.74, 6) is 14.1. The van der Waals surface area contributed by atoms with Crippen molar-refractivity contribution >= 4 is 23.1 Å². The zero-order valence-corrected chi connectivity index (χ0v) is 85.6. The Bertz CT molecular complexity index is 5410. The number of hydrogen-bond acceptors (Lipinski definition) is 10. The number of carbonyl (C=O) groups is 2. The summed E-state index contributed by atoms with van der Waals surface area (Å²) in [5, 5.41) is 2.15. The maximum absolute atomic E-state index is 11.6. The summed E-state index contributed by atoms with van der Waals surface area (Å²) in [7, 11) is 0. The van der Waals surface area contributed by atoms with Gasteiger partial charge in [0.05, 0.1) is 31.6 Å². The van der Waals surface area contributed by atoms with E-state index in [4.69, 9.17) is 32.8 Å². The van der Waals surface area contributed by atoms with Gasteiger partial charge >= 0.3 is 5.97 Å². The second-order valence-electron chi connectivity index (χ2n) is 38.4. The SMILES string of the molecule is CC(=O)c1cccc(C(C)C)c1.CC(C)CCc1cccs1.CC(C)[C@@H]1C[C@H]1c1ccccc1.CC(C)c1ccc(-c2ccco2)cc1.CC(C)c1ccc(Oc2ccccc2)cc1.CC(C)c1ccc2c(c1)CCOC2.CC(C)c1ccc2c(c1)OCO2.CC(C)c1cccc2c1CCCC2.CC(C)c1ccccc1Oc1ccccc1.CCCCOC(=O)c1ccc(C(C)C)cc1. The van der Waals surface area contributed by atoms with Crippen LogP contribution in [0.25, 0.3) is 11.3 Å². The number of aryl methyl sites for hydroxylation is 2. The minimum absolute atomic E-state index is 0.137. The first kappa shape index (κ1) is 108. The number of para-hydroxylation sites is 3. The predicted molar refractivity (Wildman–Crippen MR) is 566 cm³/mol. The lowest BCUT2D eigenvalue weighted by molar-refractivity contribution is 0.0499. The van der Waals surface area contributed by atoms with E-state index in [0.29, 0.717) is 66.3 Å². The largest absolute Gasteiger partial charge is 0.464 e. The minimum Gasteiger partial charge on any atom is -0.464 e. The van der Waals surface area contributed by atoms with Crippen molar-refractivity contribution in [3.8, 4) is 45.8 Å². The highest BCUT2D eigenvalue weighted by Crippen LogP contribution is 2.51. The minimum atomic E-state index is -0.219. The number of hydrogen-bond donors (Lipinski definition) is 0. The van der Waals surface area contributed by atoms with Crippen LogP contribution in [0.1, 0.15) is 342 Å². The van der Waals surface area contributed by atoms with Crippen molar-refractivity contribution in [1.29, 1.82) is 0 Å². The van der Waals surface area contributed by atoms with Crippen LogP contribution in [0, 0.1) is 17.8 Å². The molecule has 134 heavy (non-hydrogen) atoms. The molecule has 2 atom stereocenters. The lowest BCUT2D eigenvalue weighted by atomic mass is 9.85. The van der Waals surface area contributed by atoms with E-state index in [2.05, 4.69) is 284 Å². The second kappa shape index (κ2) is 58.1. The van der Waals surface area contributed by atoms with Gasteiger partial charge in [0.2, 0.25) is 6.79 Å². The second-order valence-corrected chi connectivity index (χ2v) is 39.4. The van der Waals surface area contributed by atoms with Crippen molar-refractivity contribution in [2.24, 2.45) is 17.8 Å². The van der Waals surface area contributed by atoms with E-state index in [1.807, 2.05) is 169 Å². The van der Waals surface area contributed by atoms with Crippen molar-refractivity contribution < 1.29 is 42.4 Å². The Kier molecular flexibility index (Phi) is 46.8. The molecule has 9 nitrogen and oxygen atoms in total. The van der Waals surface area contributed by atoms with Crippen LogP contribution < -0.4 is 18.9 Å². The predicted octanol–water partition coefficient (Wildman–Crippen LogP) is 35.9. The molecule has 0 amide bonds. The quantitative estimate of drug-likeness (QED) is 0.0352. The number of benzene rings is 11. The first-order valence-corrected chi connectivity index (χ1v) is 50.3. The third-order valence-electron chi connectivity index (χ3n) is 24.2. The van der Waals surface area contributed by atoms with Gasteiger partial charge in [-0.05, 0) is 304 Å². The molecule has 4 heterocycles. The number of thiophene rings is 1. The molecule has 0 radical (unpaired) electrons. The van der Waals surface area contributed by atoms with E-state index >= 15 is 0 Å². The Hall–Kier alpha value is -11.3. The Morgan fingerprint density at radius 2 is 0.955 bits per heavy atom. The first-order chi connectivity index (χ1) is 64.5. The van der Waals surface area contributed by atoms with Gasteiger partial charge in [-0.3, -0.25) is 4.79 Å². The zero-order valence-electron chi connectivity index (χ0n) is 84.8. The molecule has 0 N–H and O–H groups in total. The van der Waals surface area contributed by atoms with Gasteiger partial charge in [-0.15, -0.1) is 11.3 Å². The molecular weight excluding hydrogens is 1670 g/mol. The summed E-state index contributed by atoms with van der Waals surface area (Å²) in [6.07, 6.45) is 14.1. The first-order valence-electron chi connectivity index (χ1n) is 49.4. The lowest BCUT2D eigenvalue weighted by Crippen LogP contribution is -2.10. The summed E-state index contributed by atoms with van der Waals surface area (Å²) >= 11 is 1.86. The average Bonchev–Trinajstić information content (AvgIpc) is 1.65. The molecule has 17 rings (SSSR count). The van der Waals surface area contributed by atoms with Gasteiger partial charge in [-0.2, -0.15) is 0 Å². The molecular formula is C124H156O9S. The van der Waals surface area contributed by atoms with Gasteiger partial charge in [0.25, 0.3) is 0 Å². The summed E-state index contributed by atoms with van der Waals surface area (Å²) in [5.41, 5.74) is 21.0. The summed E-state index contributed by atoms with van der Waals surface area (Å²) in [4.78, 5) is 24.1. The monoisotopic (exact) mass is 1820 g/mol. The fourth-order valence-electron chi connectivity index (χ4n) is 15.5. The molecule has 0 saturated heterocycles. The van der Waals surface area contributed by atoms with Crippen molar-refractivity contribution in [2.75, 3.05) is 20.0 Å². The van der Waals surface area contributed by atoms with Crippen LogP contribution in [-0.2, 0) is 41.8 Å². The third-order valence-corrected chi connectivity index (χ3v) is 25.1. The number of ether oxygens (including phenoxy) is 6. The molecule has 10 heteroatoms. The number of fused-ring (bicyclic) bond motifs is 3. The molecule has 11 aromatic carbocycles. The highest BCUT2D eigenvalue weighted by atomic mass is 32.1. The number of furan rings is 1. The molecule has 712 valence electrons. The molecule has 0 bridgehead atoms. The maximum atomic E-state index is 11.6. The smallest absolute Gasteiger partial charge is 0.338 e. The highest BCUT2D eigenvalue weighted by molar-refractivity contribution is 7.09. The molecule has 2 aliphatic heterocycles. The van der Waals surface area contributed by atoms with E-state index in [9.17, 15) is 9.59 Å². The van der Waals surface area contributed by atoms with Crippen LogP contribution in [0.4, 0.5) is 0 Å². The third kappa shape index (κ3) is 37.9. The Balaban J connectivity index is 0.000000184. The van der Waals surface area contributed by atoms with Gasteiger partial charge in [0, 0.05) is 16.0 Å². The van der Waals surface area contributed by atoms with E-state index in [0.717, 1.165) is 108 Å². The molecule has 0 unspecified atom stereocenters. The van der Waals surface area contributed by atoms with E-state index in [1.54, 1.807) is 29.9 Å². The fraction of sp³-hybridized carbons (Fsp3) is 0.387. The standard InChI is InChI=1S/2C15H16O.C14H20O2.C13H14O.C13H18.C12H16O.C12H16.C11H14O.C10H12O2.C9H14S/c1-12(2)14-10-6-7-11-15(14)16-13-8-4-3-5-9-13;1-12(2)13-8-10-15(11-9-13)16-14-6-4-3-5-7-14;1-4-5-10-16-14(15)13-8-6-12(7-9-13)11(2)3;1-10(2)11-5-7-12(8-6-11)13-4-3-9-14-13;1-10(2)12-9-5-7-11-6-3-4-8-13(11)12;1-9(2)10-3-4-12-8-13-6-5-11(12)7-10;1-9(2)11-8-12(11)10-6-4-3-5-7-10;1-8(2)10-5-4-6-11(7-10)9(3)12;1-7(2)8-3-4-9-10(5-8)12-6-11-9;1-8(2)5-6-9-4-3-7-10-9/h2*3-12H,1-2H3;6-9,11H,4-5,10H2,1-3H3;3-10H,1-2H3;5,7,9-10H,3-4,6,8H2,1-2H3;3-4,7,9H,5-6,8H2,1-2H3;3-7,9,11-12H,8H2,1-2H3;4-8H,1-3H3;3-5,7H,6H2,1-2H3;3-4,7-8H,5-6H2,1-2H3/t;;;;;;11-,12-;;;/m......0.../s1. The van der Waals surface area contributed by atoms with Gasteiger partial charge in [-0.25, -0.2) is 4.79 Å². The topological polar surface area (TPSA) is 103 Å². The summed E-state index contributed by atoms with van der Waals surface area (Å²) < 4.78 is 37.9. The average molecular weight is 1820 g/mol. The normalized spacial score (nSPS) is 13.4. The Labute approximate surface area is 811 Å². The van der Waals surface area contributed by atoms with Crippen LogP contribution in [-0.4, -0.2) is 31.8 Å². The zero-order chi connectivity index (χ0) is 96.9. The number of unbranched alkanes of at least 4 members (excludes halogenated alkanes) is 1. The number of carbonyl (C=O) groups excluding carboxylic acids is 2. The molecule has 2 aliphatic carbocycles. The molecule has 4 aliphatic rings. The van der Waals surface area contributed by atoms with Gasteiger partial charge in [0.15, 0.2) is 17.3 Å². The molecule has 13 aromatic rings. The van der Waals surface area contributed by atoms with Crippen molar-refractivity contribution in [3.63, 3.8) is 0 Å². The fourth-order valence-corrected chi connectivity index (χ4v) is 16.2. The number of rotatable bonds is 23. The van der Waals surface area contributed by atoms with Crippen LogP contribution in [0.3, 0.4) is 0 Å². The van der Waals surface area contributed by atoms with Crippen molar-refractivity contribution in [1.82, 2.24) is 0 Å². The van der Waals surface area contributed by atoms with Crippen molar-refractivity contribution in [2.45, 2.75) is 276 Å². The summed E-state index contributed by atoms with van der Waals surface area (Å²) in [6, 6.07) is 99.0. The summed E-state index contributed by atoms with van der Waals surface area (Å²) in [6.45, 7) is 50.4. The lowest BCUT2D eigenvalue weighted by Gasteiger charge is -2.21. The molecule has 1 saturated carbocycles. The highest BCUT2D eigenvalue weighted by Gasteiger charge is 2.40. The van der Waals surface area contributed by atoms with Crippen LogP contribution in [0.5, 0.6) is 34.5 Å². The van der Waals surface area contributed by atoms with Crippen LogP contribution >= 0.6 is 11.3 Å². The van der Waals surface area contributed by atoms with Gasteiger partial charge < -0.3 is 32.8 Å². The van der Waals surface area contributed by atoms with Crippen molar-refractivity contribution in [3.05, 3.63) is 391 Å². The number of esters is 1. The number of ketones is 1. The molecule has 1 fully saturated rings. The van der Waals surface area contributed by atoms with E-state index in [-0.39, 0.29) is 11.8 Å². The van der Waals surface area contributed by atoms with Gasteiger partial charge in [0.1, 0.15) is 28.8 Å². The van der Waals surface area contributed by atoms with Gasteiger partial charge in [-0.1, -0.05) is 352 Å². The van der Waals surface area contributed by atoms with Crippen LogP contribution in [0.15, 0.2) is 307 Å². The Morgan fingerprint density at radius 3 is 1.51 bits per heavy atom. The molecule has 2 aromatic heterocycles. The maximum Gasteiger partial charge on any atom is 0.338 e.